The number of carbonyl (C=O) groups excluding carboxylic acids is 1. The van der Waals surface area contributed by atoms with Crippen LogP contribution >= 0.6 is 0 Å². The van der Waals surface area contributed by atoms with Gasteiger partial charge in [-0.1, -0.05) is 30.3 Å². The van der Waals surface area contributed by atoms with E-state index in [4.69, 9.17) is 9.47 Å². The highest BCUT2D eigenvalue weighted by atomic mass is 16.5. The van der Waals surface area contributed by atoms with E-state index >= 15 is 0 Å². The van der Waals surface area contributed by atoms with E-state index in [2.05, 4.69) is 35.0 Å². The fraction of sp³-hybridized carbons (Fsp3) is 0.292. The first-order valence-electron chi connectivity index (χ1n) is 9.91. The van der Waals surface area contributed by atoms with Crippen LogP contribution in [0.1, 0.15) is 29.3 Å². The van der Waals surface area contributed by atoms with Crippen molar-refractivity contribution in [1.82, 2.24) is 9.47 Å². The number of nitrogens with zero attached hydrogens (tertiary/aromatic N) is 2. The van der Waals surface area contributed by atoms with Gasteiger partial charge in [-0.15, -0.1) is 0 Å². The van der Waals surface area contributed by atoms with E-state index in [0.717, 1.165) is 34.9 Å². The third kappa shape index (κ3) is 3.86. The molecule has 0 fully saturated rings. The molecule has 2 aromatic carbocycles. The van der Waals surface area contributed by atoms with Crippen LogP contribution in [0.4, 0.5) is 0 Å². The predicted molar refractivity (Wildman–Crippen MR) is 112 cm³/mol. The highest BCUT2D eigenvalue weighted by Gasteiger charge is 2.31. The van der Waals surface area contributed by atoms with Gasteiger partial charge in [-0.25, -0.2) is 0 Å². The summed E-state index contributed by atoms with van der Waals surface area (Å²) < 4.78 is 13.0. The van der Waals surface area contributed by atoms with Gasteiger partial charge in [-0.3, -0.25) is 4.79 Å². The Hall–Kier alpha value is -3.21. The van der Waals surface area contributed by atoms with Gasteiger partial charge in [0.25, 0.3) is 0 Å². The number of aryl methyl sites for hydroxylation is 1. The van der Waals surface area contributed by atoms with Crippen LogP contribution in [0.3, 0.4) is 0 Å². The van der Waals surface area contributed by atoms with E-state index in [9.17, 15) is 4.79 Å². The molecule has 1 unspecified atom stereocenters. The summed E-state index contributed by atoms with van der Waals surface area (Å²) in [5.41, 5.74) is 3.28. The first-order valence-corrected chi connectivity index (χ1v) is 9.91. The Morgan fingerprint density at radius 2 is 1.83 bits per heavy atom. The van der Waals surface area contributed by atoms with E-state index < -0.39 is 0 Å². The van der Waals surface area contributed by atoms with Crippen LogP contribution in [0.2, 0.25) is 0 Å². The standard InChI is InChI=1S/C24H26N2O3/c1-28-20-11-12-22(29-2)19(17-20)10-13-23(27)26-16-15-25-14-6-9-21(25)24(26)18-7-4-3-5-8-18/h3-9,11-12,14,17,24H,10,13,15-16H2,1-2H3. The summed E-state index contributed by atoms with van der Waals surface area (Å²) in [6.07, 6.45) is 3.12. The minimum absolute atomic E-state index is 0.0559. The van der Waals surface area contributed by atoms with Gasteiger partial charge in [0.1, 0.15) is 11.5 Å². The number of carbonyl (C=O) groups is 1. The van der Waals surface area contributed by atoms with Crippen molar-refractivity contribution in [3.05, 3.63) is 83.7 Å². The van der Waals surface area contributed by atoms with Crippen molar-refractivity contribution < 1.29 is 14.3 Å². The lowest BCUT2D eigenvalue weighted by Crippen LogP contribution is -2.42. The number of ether oxygens (including phenoxy) is 2. The molecule has 1 aliphatic rings. The maximum Gasteiger partial charge on any atom is 0.223 e. The number of fused-ring (bicyclic) bond motifs is 1. The number of methoxy groups -OCH3 is 2. The Labute approximate surface area is 171 Å². The monoisotopic (exact) mass is 390 g/mol. The van der Waals surface area contributed by atoms with Gasteiger partial charge in [-0.05, 0) is 47.9 Å². The van der Waals surface area contributed by atoms with Crippen molar-refractivity contribution >= 4 is 5.91 Å². The molecule has 0 radical (unpaired) electrons. The number of hydrogen-bond acceptors (Lipinski definition) is 3. The molecule has 0 N–H and O–H groups in total. The Morgan fingerprint density at radius 3 is 2.59 bits per heavy atom. The summed E-state index contributed by atoms with van der Waals surface area (Å²) in [7, 11) is 3.29. The summed E-state index contributed by atoms with van der Waals surface area (Å²) in [6, 6.07) is 20.1. The summed E-state index contributed by atoms with van der Waals surface area (Å²) >= 11 is 0. The number of benzene rings is 2. The molecule has 0 saturated heterocycles. The maximum absolute atomic E-state index is 13.3. The van der Waals surface area contributed by atoms with E-state index in [1.807, 2.05) is 41.3 Å². The molecule has 0 aliphatic carbocycles. The number of amides is 1. The van der Waals surface area contributed by atoms with E-state index in [1.54, 1.807) is 14.2 Å². The fourth-order valence-electron chi connectivity index (χ4n) is 4.10. The topological polar surface area (TPSA) is 43.7 Å². The van der Waals surface area contributed by atoms with Crippen LogP contribution in [0, 0.1) is 0 Å². The summed E-state index contributed by atoms with van der Waals surface area (Å²) in [5, 5.41) is 0. The lowest BCUT2D eigenvalue weighted by molar-refractivity contribution is -0.133. The lowest BCUT2D eigenvalue weighted by atomic mass is 9.99. The van der Waals surface area contributed by atoms with Crippen molar-refractivity contribution in [2.75, 3.05) is 20.8 Å². The quantitative estimate of drug-likeness (QED) is 0.637. The first-order chi connectivity index (χ1) is 14.2. The minimum atomic E-state index is -0.0559. The van der Waals surface area contributed by atoms with Crippen molar-refractivity contribution in [3.8, 4) is 11.5 Å². The van der Waals surface area contributed by atoms with Crippen LogP contribution in [0.5, 0.6) is 11.5 Å². The second kappa shape index (κ2) is 8.43. The average Bonchev–Trinajstić information content (AvgIpc) is 3.26. The number of rotatable bonds is 6. The van der Waals surface area contributed by atoms with Crippen LogP contribution < -0.4 is 9.47 Å². The molecule has 5 heteroatoms. The van der Waals surface area contributed by atoms with Crippen LogP contribution in [0.15, 0.2) is 66.9 Å². The fourth-order valence-corrected chi connectivity index (χ4v) is 4.10. The Morgan fingerprint density at radius 1 is 1.00 bits per heavy atom. The highest BCUT2D eigenvalue weighted by molar-refractivity contribution is 5.78. The van der Waals surface area contributed by atoms with E-state index in [-0.39, 0.29) is 11.9 Å². The zero-order valence-electron chi connectivity index (χ0n) is 16.9. The Bertz CT molecular complexity index is 981. The molecule has 5 nitrogen and oxygen atoms in total. The largest absolute Gasteiger partial charge is 0.497 e. The van der Waals surface area contributed by atoms with Gasteiger partial charge in [0.15, 0.2) is 0 Å². The molecule has 1 aromatic heterocycles. The second-order valence-electron chi connectivity index (χ2n) is 7.20. The molecule has 29 heavy (non-hydrogen) atoms. The van der Waals surface area contributed by atoms with Crippen molar-refractivity contribution in [1.29, 1.82) is 0 Å². The van der Waals surface area contributed by atoms with Gasteiger partial charge in [0, 0.05) is 31.4 Å². The van der Waals surface area contributed by atoms with Crippen molar-refractivity contribution in [2.45, 2.75) is 25.4 Å². The minimum Gasteiger partial charge on any atom is -0.497 e. The first kappa shape index (κ1) is 19.1. The van der Waals surface area contributed by atoms with Gasteiger partial charge in [0.2, 0.25) is 5.91 Å². The van der Waals surface area contributed by atoms with Crippen molar-refractivity contribution in [3.63, 3.8) is 0 Å². The van der Waals surface area contributed by atoms with Gasteiger partial charge in [-0.2, -0.15) is 0 Å². The molecule has 0 spiro atoms. The molecule has 0 saturated carbocycles. The van der Waals surface area contributed by atoms with Gasteiger partial charge < -0.3 is 18.9 Å². The number of hydrogen-bond donors (Lipinski definition) is 0. The molecule has 4 rings (SSSR count). The molecule has 150 valence electrons. The molecule has 1 amide bonds. The van der Waals surface area contributed by atoms with Gasteiger partial charge >= 0.3 is 0 Å². The third-order valence-corrected chi connectivity index (χ3v) is 5.57. The van der Waals surface area contributed by atoms with Crippen molar-refractivity contribution in [2.24, 2.45) is 0 Å². The summed E-state index contributed by atoms with van der Waals surface area (Å²) in [6.45, 7) is 1.52. The molecule has 2 heterocycles. The van der Waals surface area contributed by atoms with E-state index in [0.29, 0.717) is 19.4 Å². The molecular weight excluding hydrogens is 364 g/mol. The molecule has 1 atom stereocenters. The summed E-state index contributed by atoms with van der Waals surface area (Å²) in [4.78, 5) is 15.3. The third-order valence-electron chi connectivity index (χ3n) is 5.57. The van der Waals surface area contributed by atoms with E-state index in [1.165, 1.54) is 0 Å². The Balaban J connectivity index is 1.57. The zero-order chi connectivity index (χ0) is 20.2. The smallest absolute Gasteiger partial charge is 0.223 e. The molecule has 0 bridgehead atoms. The maximum atomic E-state index is 13.3. The van der Waals surface area contributed by atoms with Crippen LogP contribution in [-0.2, 0) is 17.8 Å². The summed E-state index contributed by atoms with van der Waals surface area (Å²) in [5.74, 6) is 1.70. The predicted octanol–water partition coefficient (Wildman–Crippen LogP) is 4.07. The van der Waals surface area contributed by atoms with Gasteiger partial charge in [0.05, 0.1) is 20.3 Å². The van der Waals surface area contributed by atoms with Crippen LogP contribution in [0.25, 0.3) is 0 Å². The lowest BCUT2D eigenvalue weighted by Gasteiger charge is -2.37. The Kier molecular flexibility index (Phi) is 5.56. The van der Waals surface area contributed by atoms with Crippen LogP contribution in [-0.4, -0.2) is 36.1 Å². The number of aromatic nitrogens is 1. The molecular formula is C24H26N2O3. The SMILES string of the molecule is COc1ccc(OC)c(CCC(=O)N2CCn3cccc3C2c2ccccc2)c1. The second-order valence-corrected chi connectivity index (χ2v) is 7.20. The zero-order valence-corrected chi connectivity index (χ0v) is 16.9. The normalized spacial score (nSPS) is 15.7. The molecule has 1 aliphatic heterocycles. The molecule has 3 aromatic rings. The highest BCUT2D eigenvalue weighted by Crippen LogP contribution is 2.33. The average molecular weight is 390 g/mol.